The topological polar surface area (TPSA) is 94.3 Å². The van der Waals surface area contributed by atoms with Gasteiger partial charge in [0.25, 0.3) is 0 Å². The number of ether oxygens (including phenoxy) is 1. The molecule has 26 heavy (non-hydrogen) atoms. The fourth-order valence-electron chi connectivity index (χ4n) is 2.42. The van der Waals surface area contributed by atoms with E-state index in [0.717, 1.165) is 11.1 Å². The van der Waals surface area contributed by atoms with Crippen molar-refractivity contribution >= 4 is 10.0 Å². The van der Waals surface area contributed by atoms with Crippen molar-refractivity contribution in [2.75, 3.05) is 7.11 Å². The average molecular weight is 373 g/mol. The first kappa shape index (κ1) is 18.1. The Morgan fingerprint density at radius 2 is 1.88 bits per heavy atom. The Morgan fingerprint density at radius 1 is 1.15 bits per heavy atom. The lowest BCUT2D eigenvalue weighted by Crippen LogP contribution is -2.27. The molecule has 1 aromatic heterocycles. The second-order valence-electron chi connectivity index (χ2n) is 5.84. The highest BCUT2D eigenvalue weighted by molar-refractivity contribution is 7.89. The standard InChI is InChI=1S/C18H19N3O4S/c1-12-5-4-6-14(11-12)17-19-18(25-20-17)13(2)21-26(22,23)16-9-7-15(24-3)8-10-16/h4-11,13,21H,1-3H3/t13-/m1/s1. The van der Waals surface area contributed by atoms with Crippen molar-refractivity contribution in [1.82, 2.24) is 14.9 Å². The van der Waals surface area contributed by atoms with E-state index in [2.05, 4.69) is 14.9 Å². The average Bonchev–Trinajstić information content (AvgIpc) is 3.12. The summed E-state index contributed by atoms with van der Waals surface area (Å²) >= 11 is 0. The molecule has 0 saturated carbocycles. The molecule has 0 aliphatic heterocycles. The highest BCUT2D eigenvalue weighted by Gasteiger charge is 2.22. The number of benzene rings is 2. The van der Waals surface area contributed by atoms with Gasteiger partial charge in [0, 0.05) is 5.56 Å². The first-order valence-electron chi connectivity index (χ1n) is 7.96. The van der Waals surface area contributed by atoms with E-state index in [-0.39, 0.29) is 10.8 Å². The zero-order chi connectivity index (χ0) is 18.7. The third-order valence-electron chi connectivity index (χ3n) is 3.79. The first-order chi connectivity index (χ1) is 12.4. The molecule has 1 atom stereocenters. The van der Waals surface area contributed by atoms with E-state index in [0.29, 0.717) is 11.6 Å². The highest BCUT2D eigenvalue weighted by atomic mass is 32.2. The predicted octanol–water partition coefficient (Wildman–Crippen LogP) is 3.09. The van der Waals surface area contributed by atoms with E-state index in [1.54, 1.807) is 19.1 Å². The Labute approximate surface area is 152 Å². The summed E-state index contributed by atoms with van der Waals surface area (Å²) in [7, 11) is -2.21. The second kappa shape index (κ2) is 7.27. The number of methoxy groups -OCH3 is 1. The molecule has 3 aromatic rings. The molecule has 0 saturated heterocycles. The summed E-state index contributed by atoms with van der Waals surface area (Å²) in [4.78, 5) is 4.43. The number of nitrogens with one attached hydrogen (secondary N) is 1. The molecule has 0 radical (unpaired) electrons. The van der Waals surface area contributed by atoms with Crippen LogP contribution in [0, 0.1) is 6.92 Å². The lowest BCUT2D eigenvalue weighted by Gasteiger charge is -2.11. The molecule has 0 unspecified atom stereocenters. The lowest BCUT2D eigenvalue weighted by atomic mass is 10.1. The summed E-state index contributed by atoms with van der Waals surface area (Å²) in [6.45, 7) is 3.62. The Morgan fingerprint density at radius 3 is 2.54 bits per heavy atom. The summed E-state index contributed by atoms with van der Waals surface area (Å²) in [5.41, 5.74) is 1.88. The van der Waals surface area contributed by atoms with E-state index in [9.17, 15) is 8.42 Å². The number of sulfonamides is 1. The number of hydrogen-bond donors (Lipinski definition) is 1. The van der Waals surface area contributed by atoms with Crippen LogP contribution in [0.2, 0.25) is 0 Å². The third kappa shape index (κ3) is 3.92. The molecule has 0 bridgehead atoms. The lowest BCUT2D eigenvalue weighted by molar-refractivity contribution is 0.354. The van der Waals surface area contributed by atoms with Crippen molar-refractivity contribution in [2.45, 2.75) is 24.8 Å². The van der Waals surface area contributed by atoms with Crippen LogP contribution >= 0.6 is 0 Å². The molecule has 1 heterocycles. The molecule has 1 N–H and O–H groups in total. The smallest absolute Gasteiger partial charge is 0.244 e. The zero-order valence-corrected chi connectivity index (χ0v) is 15.4. The number of rotatable bonds is 6. The maximum absolute atomic E-state index is 12.5. The zero-order valence-electron chi connectivity index (χ0n) is 14.6. The Bertz CT molecular complexity index is 997. The predicted molar refractivity (Wildman–Crippen MR) is 96.2 cm³/mol. The van der Waals surface area contributed by atoms with Gasteiger partial charge in [0.2, 0.25) is 21.7 Å². The molecule has 8 heteroatoms. The summed E-state index contributed by atoms with van der Waals surface area (Å²) in [5.74, 6) is 1.19. The van der Waals surface area contributed by atoms with E-state index in [1.807, 2.05) is 31.2 Å². The normalized spacial score (nSPS) is 12.7. The van der Waals surface area contributed by atoms with Gasteiger partial charge in [-0.3, -0.25) is 0 Å². The van der Waals surface area contributed by atoms with E-state index >= 15 is 0 Å². The minimum Gasteiger partial charge on any atom is -0.497 e. The van der Waals surface area contributed by atoms with Gasteiger partial charge < -0.3 is 9.26 Å². The summed E-state index contributed by atoms with van der Waals surface area (Å²) in [5, 5.41) is 3.94. The van der Waals surface area contributed by atoms with Crippen LogP contribution in [0.25, 0.3) is 11.4 Å². The van der Waals surface area contributed by atoms with Gasteiger partial charge in [-0.1, -0.05) is 28.9 Å². The van der Waals surface area contributed by atoms with Gasteiger partial charge in [-0.15, -0.1) is 0 Å². The van der Waals surface area contributed by atoms with Gasteiger partial charge in [0.15, 0.2) is 0 Å². The van der Waals surface area contributed by atoms with Crippen molar-refractivity contribution in [3.8, 4) is 17.1 Å². The van der Waals surface area contributed by atoms with Gasteiger partial charge in [0.1, 0.15) is 5.75 Å². The third-order valence-corrected chi connectivity index (χ3v) is 5.35. The maximum atomic E-state index is 12.5. The SMILES string of the molecule is COc1ccc(S(=O)(=O)N[C@H](C)c2nc(-c3cccc(C)c3)no2)cc1. The monoisotopic (exact) mass is 373 g/mol. The quantitative estimate of drug-likeness (QED) is 0.713. The highest BCUT2D eigenvalue weighted by Crippen LogP contribution is 2.22. The van der Waals surface area contributed by atoms with Crippen LogP contribution in [0.5, 0.6) is 5.75 Å². The minimum atomic E-state index is -3.73. The Hall–Kier alpha value is -2.71. The van der Waals surface area contributed by atoms with Crippen LogP contribution in [0.15, 0.2) is 57.9 Å². The van der Waals surface area contributed by atoms with Crippen molar-refractivity contribution in [1.29, 1.82) is 0 Å². The van der Waals surface area contributed by atoms with Crippen LogP contribution in [-0.2, 0) is 10.0 Å². The van der Waals surface area contributed by atoms with Crippen LogP contribution in [0.4, 0.5) is 0 Å². The van der Waals surface area contributed by atoms with Crippen LogP contribution in [-0.4, -0.2) is 25.7 Å². The summed E-state index contributed by atoms with van der Waals surface area (Å²) < 4.78 is 37.8. The maximum Gasteiger partial charge on any atom is 0.244 e. The van der Waals surface area contributed by atoms with Gasteiger partial charge >= 0.3 is 0 Å². The molecule has 2 aromatic carbocycles. The van der Waals surface area contributed by atoms with Gasteiger partial charge in [-0.2, -0.15) is 9.71 Å². The van der Waals surface area contributed by atoms with Crippen molar-refractivity contribution in [2.24, 2.45) is 0 Å². The van der Waals surface area contributed by atoms with Gasteiger partial charge in [-0.05, 0) is 44.2 Å². The van der Waals surface area contributed by atoms with E-state index in [1.165, 1.54) is 19.2 Å². The molecule has 0 spiro atoms. The van der Waals surface area contributed by atoms with E-state index < -0.39 is 16.1 Å². The molecule has 0 aliphatic rings. The second-order valence-corrected chi connectivity index (χ2v) is 7.56. The molecular formula is C18H19N3O4S. The summed E-state index contributed by atoms with van der Waals surface area (Å²) in [6, 6.07) is 13.1. The largest absolute Gasteiger partial charge is 0.497 e. The number of nitrogens with zero attached hydrogens (tertiary/aromatic N) is 2. The van der Waals surface area contributed by atoms with E-state index in [4.69, 9.17) is 9.26 Å². The minimum absolute atomic E-state index is 0.128. The van der Waals surface area contributed by atoms with Crippen molar-refractivity contribution in [3.05, 3.63) is 60.0 Å². The fraction of sp³-hybridized carbons (Fsp3) is 0.222. The molecule has 0 fully saturated rings. The first-order valence-corrected chi connectivity index (χ1v) is 9.44. The van der Waals surface area contributed by atoms with Gasteiger partial charge in [0.05, 0.1) is 18.0 Å². The number of aromatic nitrogens is 2. The molecular weight excluding hydrogens is 354 g/mol. The molecule has 7 nitrogen and oxygen atoms in total. The number of aryl methyl sites for hydroxylation is 1. The molecule has 0 aliphatic carbocycles. The van der Waals surface area contributed by atoms with Crippen LogP contribution < -0.4 is 9.46 Å². The fourth-order valence-corrected chi connectivity index (χ4v) is 3.62. The molecule has 0 amide bonds. The number of hydrogen-bond acceptors (Lipinski definition) is 6. The Balaban J connectivity index is 1.78. The van der Waals surface area contributed by atoms with Crippen LogP contribution in [0.3, 0.4) is 0 Å². The van der Waals surface area contributed by atoms with Gasteiger partial charge in [-0.25, -0.2) is 8.42 Å². The van der Waals surface area contributed by atoms with Crippen LogP contribution in [0.1, 0.15) is 24.4 Å². The van der Waals surface area contributed by atoms with Crippen molar-refractivity contribution in [3.63, 3.8) is 0 Å². The Kier molecular flexibility index (Phi) is 5.06. The molecule has 3 rings (SSSR count). The molecule has 136 valence electrons. The summed E-state index contributed by atoms with van der Waals surface area (Å²) in [6.07, 6.45) is 0. The van der Waals surface area contributed by atoms with Crippen molar-refractivity contribution < 1.29 is 17.7 Å².